The van der Waals surface area contributed by atoms with Crippen molar-refractivity contribution in [1.82, 2.24) is 20.2 Å². The molecule has 29 heavy (non-hydrogen) atoms. The maximum absolute atomic E-state index is 11.9. The first-order valence-electron chi connectivity index (χ1n) is 10.2. The molecule has 0 radical (unpaired) electrons. The predicted octanol–water partition coefficient (Wildman–Crippen LogP) is 2.75. The van der Waals surface area contributed by atoms with Crippen LogP contribution in [0.3, 0.4) is 0 Å². The number of aromatic nitrogens is 2. The lowest BCUT2D eigenvalue weighted by Gasteiger charge is -2.42. The fourth-order valence-corrected chi connectivity index (χ4v) is 3.86. The van der Waals surface area contributed by atoms with Crippen LogP contribution in [-0.2, 0) is 24.2 Å². The van der Waals surface area contributed by atoms with Crippen molar-refractivity contribution in [2.45, 2.75) is 51.9 Å². The predicted molar refractivity (Wildman–Crippen MR) is 112 cm³/mol. The van der Waals surface area contributed by atoms with Gasteiger partial charge in [0.2, 0.25) is 0 Å². The van der Waals surface area contributed by atoms with Gasteiger partial charge in [-0.05, 0) is 32.8 Å². The first kappa shape index (κ1) is 19.6. The van der Waals surface area contributed by atoms with Gasteiger partial charge in [0.1, 0.15) is 17.7 Å². The smallest absolute Gasteiger partial charge is 0.407 e. The van der Waals surface area contributed by atoms with Gasteiger partial charge in [-0.25, -0.2) is 14.8 Å². The van der Waals surface area contributed by atoms with Crippen molar-refractivity contribution in [3.8, 4) is 0 Å². The van der Waals surface area contributed by atoms with Crippen LogP contribution in [0.1, 0.15) is 37.6 Å². The normalized spacial score (nSPS) is 17.4. The Hall–Kier alpha value is -2.67. The van der Waals surface area contributed by atoms with Crippen LogP contribution in [0.5, 0.6) is 0 Å². The number of amides is 1. The summed E-state index contributed by atoms with van der Waals surface area (Å²) in [6.45, 7) is 9.87. The average molecular weight is 396 g/mol. The van der Waals surface area contributed by atoms with Crippen molar-refractivity contribution in [1.29, 1.82) is 0 Å². The summed E-state index contributed by atoms with van der Waals surface area (Å²) in [4.78, 5) is 25.7. The number of anilines is 1. The van der Waals surface area contributed by atoms with Crippen LogP contribution < -0.4 is 10.2 Å². The summed E-state index contributed by atoms with van der Waals surface area (Å²) in [7, 11) is 0. The van der Waals surface area contributed by atoms with E-state index in [9.17, 15) is 4.79 Å². The molecular weight excluding hydrogens is 366 g/mol. The molecule has 1 fully saturated rings. The number of rotatable bonds is 4. The Labute approximate surface area is 172 Å². The molecule has 0 unspecified atom stereocenters. The van der Waals surface area contributed by atoms with Gasteiger partial charge in [0.25, 0.3) is 0 Å². The molecule has 7 nitrogen and oxygen atoms in total. The van der Waals surface area contributed by atoms with E-state index in [2.05, 4.69) is 49.4 Å². The Morgan fingerprint density at radius 1 is 1.21 bits per heavy atom. The largest absolute Gasteiger partial charge is 0.444 e. The minimum Gasteiger partial charge on any atom is -0.444 e. The van der Waals surface area contributed by atoms with E-state index < -0.39 is 5.60 Å². The van der Waals surface area contributed by atoms with Gasteiger partial charge in [-0.3, -0.25) is 4.90 Å². The highest BCUT2D eigenvalue weighted by Gasteiger charge is 2.33. The fourth-order valence-electron chi connectivity index (χ4n) is 3.86. The number of hydrogen-bond donors (Lipinski definition) is 1. The topological polar surface area (TPSA) is 70.6 Å². The summed E-state index contributed by atoms with van der Waals surface area (Å²) in [5.74, 6) is 1.01. The zero-order valence-electron chi connectivity index (χ0n) is 17.4. The highest BCUT2D eigenvalue weighted by molar-refractivity contribution is 5.69. The van der Waals surface area contributed by atoms with Crippen molar-refractivity contribution < 1.29 is 9.53 Å². The van der Waals surface area contributed by atoms with E-state index in [0.29, 0.717) is 0 Å². The summed E-state index contributed by atoms with van der Waals surface area (Å²) in [6.07, 6.45) is 2.25. The molecule has 1 N–H and O–H groups in total. The molecule has 1 aromatic carbocycles. The maximum atomic E-state index is 11.9. The van der Waals surface area contributed by atoms with Crippen LogP contribution >= 0.6 is 0 Å². The summed E-state index contributed by atoms with van der Waals surface area (Å²) >= 11 is 0. The number of nitrogens with one attached hydrogen (secondary N) is 1. The van der Waals surface area contributed by atoms with Crippen LogP contribution in [0.15, 0.2) is 36.7 Å². The SMILES string of the molecule is CC(C)(C)OC(=O)NC1CN(c2ncnc3c2CCN(Cc2ccccc2)C3)C1. The quantitative estimate of drug-likeness (QED) is 0.858. The van der Waals surface area contributed by atoms with Crippen molar-refractivity contribution in [2.75, 3.05) is 24.5 Å². The Morgan fingerprint density at radius 2 is 1.97 bits per heavy atom. The summed E-state index contributed by atoms with van der Waals surface area (Å²) in [6, 6.07) is 10.6. The number of carbonyl (C=O) groups excluding carboxylic acids is 1. The lowest BCUT2D eigenvalue weighted by molar-refractivity contribution is 0.0496. The third-order valence-electron chi connectivity index (χ3n) is 5.21. The Morgan fingerprint density at radius 3 is 2.69 bits per heavy atom. The Bertz CT molecular complexity index is 859. The molecule has 2 aliphatic rings. The van der Waals surface area contributed by atoms with Crippen molar-refractivity contribution in [2.24, 2.45) is 0 Å². The summed E-state index contributed by atoms with van der Waals surface area (Å²) < 4.78 is 5.34. The van der Waals surface area contributed by atoms with Crippen LogP contribution in [0.4, 0.5) is 10.6 Å². The number of carbonyl (C=O) groups is 1. The number of nitrogens with zero attached hydrogens (tertiary/aromatic N) is 4. The molecule has 1 amide bonds. The van der Waals surface area contributed by atoms with E-state index in [4.69, 9.17) is 4.74 Å². The standard InChI is InChI=1S/C22H29N5O2/c1-22(2,3)29-21(28)25-17-12-27(13-17)20-18-9-10-26(14-19(18)23-15-24-20)11-16-7-5-4-6-8-16/h4-8,15,17H,9-14H2,1-3H3,(H,25,28). The van der Waals surface area contributed by atoms with E-state index in [0.717, 1.165) is 50.7 Å². The molecule has 1 aromatic heterocycles. The number of ether oxygens (including phenoxy) is 1. The van der Waals surface area contributed by atoms with Gasteiger partial charge >= 0.3 is 6.09 Å². The van der Waals surface area contributed by atoms with Crippen LogP contribution in [0.25, 0.3) is 0 Å². The molecule has 0 atom stereocenters. The molecule has 154 valence electrons. The summed E-state index contributed by atoms with van der Waals surface area (Å²) in [5.41, 5.74) is 3.20. The minimum absolute atomic E-state index is 0.0913. The van der Waals surface area contributed by atoms with E-state index in [1.165, 1.54) is 11.1 Å². The van der Waals surface area contributed by atoms with Crippen molar-refractivity contribution in [3.63, 3.8) is 0 Å². The van der Waals surface area contributed by atoms with Crippen molar-refractivity contribution in [3.05, 3.63) is 53.5 Å². The second-order valence-electron chi connectivity index (χ2n) is 8.82. The second kappa shape index (κ2) is 7.99. The Balaban J connectivity index is 1.35. The van der Waals surface area contributed by atoms with Gasteiger partial charge < -0.3 is 15.0 Å². The molecule has 1 saturated heterocycles. The number of hydrogen-bond acceptors (Lipinski definition) is 6. The molecule has 4 rings (SSSR count). The highest BCUT2D eigenvalue weighted by Crippen LogP contribution is 2.29. The first-order valence-corrected chi connectivity index (χ1v) is 10.2. The average Bonchev–Trinajstić information content (AvgIpc) is 2.63. The van der Waals surface area contributed by atoms with E-state index in [1.54, 1.807) is 6.33 Å². The fraction of sp³-hybridized carbons (Fsp3) is 0.500. The van der Waals surface area contributed by atoms with Gasteiger partial charge in [-0.15, -0.1) is 0 Å². The van der Waals surface area contributed by atoms with Gasteiger partial charge in [0, 0.05) is 38.3 Å². The number of benzene rings is 1. The van der Waals surface area contributed by atoms with Gasteiger partial charge in [0.05, 0.1) is 11.7 Å². The van der Waals surface area contributed by atoms with E-state index >= 15 is 0 Å². The lowest BCUT2D eigenvalue weighted by atomic mass is 10.0. The molecule has 2 aliphatic heterocycles. The maximum Gasteiger partial charge on any atom is 0.407 e. The molecular formula is C22H29N5O2. The van der Waals surface area contributed by atoms with Crippen LogP contribution in [-0.4, -0.2) is 52.2 Å². The van der Waals surface area contributed by atoms with Crippen molar-refractivity contribution >= 4 is 11.9 Å². The van der Waals surface area contributed by atoms with E-state index in [1.807, 2.05) is 26.8 Å². The molecule has 0 saturated carbocycles. The third-order valence-corrected chi connectivity index (χ3v) is 5.21. The molecule has 3 heterocycles. The van der Waals surface area contributed by atoms with Crippen LogP contribution in [0, 0.1) is 0 Å². The summed E-state index contributed by atoms with van der Waals surface area (Å²) in [5, 5.41) is 2.93. The highest BCUT2D eigenvalue weighted by atomic mass is 16.6. The molecule has 2 aromatic rings. The van der Waals surface area contributed by atoms with Gasteiger partial charge in [-0.2, -0.15) is 0 Å². The molecule has 0 aliphatic carbocycles. The number of fused-ring (bicyclic) bond motifs is 1. The first-order chi connectivity index (χ1) is 13.9. The third kappa shape index (κ3) is 4.85. The van der Waals surface area contributed by atoms with E-state index in [-0.39, 0.29) is 12.1 Å². The minimum atomic E-state index is -0.481. The molecule has 7 heteroatoms. The zero-order chi connectivity index (χ0) is 20.4. The van der Waals surface area contributed by atoms with Gasteiger partial charge in [0.15, 0.2) is 0 Å². The van der Waals surface area contributed by atoms with Crippen LogP contribution in [0.2, 0.25) is 0 Å². The zero-order valence-corrected chi connectivity index (χ0v) is 17.4. The monoisotopic (exact) mass is 395 g/mol. The molecule has 0 spiro atoms. The Kier molecular flexibility index (Phi) is 5.41. The number of alkyl carbamates (subject to hydrolysis) is 1. The lowest BCUT2D eigenvalue weighted by Crippen LogP contribution is -2.60. The van der Waals surface area contributed by atoms with Gasteiger partial charge in [-0.1, -0.05) is 30.3 Å². The molecule has 0 bridgehead atoms. The second-order valence-corrected chi connectivity index (χ2v) is 8.82.